The Morgan fingerprint density at radius 2 is 1.89 bits per heavy atom. The molecule has 46 heavy (non-hydrogen) atoms. The number of anilines is 1. The van der Waals surface area contributed by atoms with Crippen LogP contribution >= 0.6 is 0 Å². The lowest BCUT2D eigenvalue weighted by Gasteiger charge is -2.52. The maximum Gasteiger partial charge on any atom is 0.340 e. The van der Waals surface area contributed by atoms with Gasteiger partial charge in [0.15, 0.2) is 11.2 Å². The third-order valence-electron chi connectivity index (χ3n) is 10.9. The normalized spacial score (nSPS) is 24.9. The highest BCUT2D eigenvalue weighted by atomic mass is 16.6. The first-order valence-corrected chi connectivity index (χ1v) is 16.2. The van der Waals surface area contributed by atoms with Crippen LogP contribution in [0.3, 0.4) is 0 Å². The highest BCUT2D eigenvalue weighted by Crippen LogP contribution is 2.57. The molecular formula is C38H40N2O6. The number of aliphatic hydroxyl groups is 1. The molecule has 3 unspecified atom stereocenters. The summed E-state index contributed by atoms with van der Waals surface area (Å²) in [5.74, 6) is 0.239. The van der Waals surface area contributed by atoms with Gasteiger partial charge < -0.3 is 24.7 Å². The molecule has 8 nitrogen and oxygen atoms in total. The van der Waals surface area contributed by atoms with Crippen molar-refractivity contribution in [2.24, 2.45) is 0 Å². The van der Waals surface area contributed by atoms with Gasteiger partial charge in [-0.15, -0.1) is 0 Å². The van der Waals surface area contributed by atoms with Crippen molar-refractivity contribution in [2.45, 2.75) is 88.3 Å². The van der Waals surface area contributed by atoms with Crippen LogP contribution < -0.4 is 16.1 Å². The van der Waals surface area contributed by atoms with E-state index < -0.39 is 17.2 Å². The average molecular weight is 621 g/mol. The van der Waals surface area contributed by atoms with Crippen LogP contribution in [0.15, 0.2) is 81.7 Å². The molecule has 4 aromatic rings. The fraction of sp³-hybridized carbons (Fsp3) is 0.395. The summed E-state index contributed by atoms with van der Waals surface area (Å²) >= 11 is 0. The monoisotopic (exact) mass is 620 g/mol. The first kappa shape index (κ1) is 30.2. The zero-order chi connectivity index (χ0) is 32.3. The number of carbonyl (C=O) groups excluding carboxylic acids is 1. The van der Waals surface area contributed by atoms with Gasteiger partial charge in [0.05, 0.1) is 5.92 Å². The Kier molecular flexibility index (Phi) is 7.31. The number of nitrogens with zero attached hydrogens (tertiary/aromatic N) is 1. The molecule has 238 valence electrons. The van der Waals surface area contributed by atoms with Crippen LogP contribution in [0.4, 0.5) is 5.82 Å². The lowest BCUT2D eigenvalue weighted by molar-refractivity contribution is -0.184. The van der Waals surface area contributed by atoms with E-state index in [2.05, 4.69) is 17.1 Å². The van der Waals surface area contributed by atoms with E-state index in [-0.39, 0.29) is 23.6 Å². The van der Waals surface area contributed by atoms with E-state index in [1.54, 1.807) is 31.3 Å². The van der Waals surface area contributed by atoms with E-state index in [1.807, 2.05) is 44.2 Å². The molecule has 3 atom stereocenters. The summed E-state index contributed by atoms with van der Waals surface area (Å²) in [6, 6.07) is 17.7. The molecule has 1 fully saturated rings. The van der Waals surface area contributed by atoms with Crippen LogP contribution in [0.25, 0.3) is 11.0 Å². The Morgan fingerprint density at radius 1 is 1.11 bits per heavy atom. The van der Waals surface area contributed by atoms with Gasteiger partial charge in [0.25, 0.3) is 0 Å². The Balaban J connectivity index is 1.41. The van der Waals surface area contributed by atoms with E-state index in [0.29, 0.717) is 47.5 Å². The molecule has 2 aliphatic carbocycles. The van der Waals surface area contributed by atoms with Crippen LogP contribution in [-0.4, -0.2) is 33.9 Å². The second-order valence-corrected chi connectivity index (χ2v) is 13.5. The van der Waals surface area contributed by atoms with E-state index in [1.165, 1.54) is 0 Å². The predicted octanol–water partition coefficient (Wildman–Crippen LogP) is 6.29. The van der Waals surface area contributed by atoms with Gasteiger partial charge in [0, 0.05) is 53.6 Å². The first-order chi connectivity index (χ1) is 22.1. The zero-order valence-electron chi connectivity index (χ0n) is 26.6. The summed E-state index contributed by atoms with van der Waals surface area (Å²) in [5, 5.41) is 10.7. The number of rotatable bonds is 6. The number of aromatic nitrogens is 1. The number of nitrogen functional groups attached to an aromatic ring is 1. The Morgan fingerprint density at radius 3 is 2.61 bits per heavy atom. The number of hydrogen-bond acceptors (Lipinski definition) is 8. The third-order valence-corrected chi connectivity index (χ3v) is 10.9. The molecule has 0 saturated heterocycles. The molecule has 0 radical (unpaired) electrons. The van der Waals surface area contributed by atoms with Crippen LogP contribution in [0.1, 0.15) is 86.6 Å². The van der Waals surface area contributed by atoms with Crippen molar-refractivity contribution in [2.75, 3.05) is 12.3 Å². The lowest BCUT2D eigenvalue weighted by Crippen LogP contribution is -2.65. The molecule has 3 heterocycles. The van der Waals surface area contributed by atoms with Crippen molar-refractivity contribution in [1.82, 2.24) is 4.98 Å². The SMILES string of the molecule is CC=C(C)C(=O)OC1(C)Cc2ccccc2C(c2ccc(N)nc2)C12Cc1cc3cc(C4(CCO)CCCC4)c(=O)oc3cc1O2. The Labute approximate surface area is 268 Å². The fourth-order valence-electron chi connectivity index (χ4n) is 8.30. The van der Waals surface area contributed by atoms with E-state index in [4.69, 9.17) is 19.6 Å². The van der Waals surface area contributed by atoms with Crippen molar-refractivity contribution in [3.63, 3.8) is 0 Å². The van der Waals surface area contributed by atoms with Crippen molar-refractivity contribution < 1.29 is 23.8 Å². The Hall–Kier alpha value is -4.43. The van der Waals surface area contributed by atoms with Crippen molar-refractivity contribution >= 4 is 22.8 Å². The third kappa shape index (κ3) is 4.65. The van der Waals surface area contributed by atoms with Crippen molar-refractivity contribution in [3.05, 3.63) is 111 Å². The van der Waals surface area contributed by atoms with Crippen molar-refractivity contribution in [3.8, 4) is 5.75 Å². The number of ether oxygens (including phenoxy) is 2. The van der Waals surface area contributed by atoms with E-state index in [0.717, 1.165) is 53.3 Å². The van der Waals surface area contributed by atoms with Gasteiger partial charge in [-0.25, -0.2) is 14.6 Å². The zero-order valence-corrected chi connectivity index (χ0v) is 26.6. The molecule has 2 aromatic heterocycles. The number of allylic oxidation sites excluding steroid dienone is 1. The largest absolute Gasteiger partial charge is 0.481 e. The van der Waals surface area contributed by atoms with Crippen LogP contribution in [0.5, 0.6) is 5.75 Å². The Bertz CT molecular complexity index is 1920. The molecular weight excluding hydrogens is 580 g/mol. The second kappa shape index (κ2) is 11.1. The number of nitrogens with two attached hydrogens (primary N) is 1. The number of aliphatic hydroxyl groups excluding tert-OH is 1. The fourth-order valence-corrected chi connectivity index (χ4v) is 8.30. The number of carbonyl (C=O) groups is 1. The van der Waals surface area contributed by atoms with Crippen LogP contribution in [-0.2, 0) is 27.8 Å². The quantitative estimate of drug-likeness (QED) is 0.146. The van der Waals surface area contributed by atoms with Gasteiger partial charge in [-0.3, -0.25) is 0 Å². The second-order valence-electron chi connectivity index (χ2n) is 13.5. The maximum absolute atomic E-state index is 13.5. The molecule has 1 saturated carbocycles. The van der Waals surface area contributed by atoms with E-state index in [9.17, 15) is 14.7 Å². The maximum atomic E-state index is 13.5. The van der Waals surface area contributed by atoms with Crippen molar-refractivity contribution in [1.29, 1.82) is 0 Å². The minimum Gasteiger partial charge on any atom is -0.481 e. The van der Waals surface area contributed by atoms with Crippen LogP contribution in [0.2, 0.25) is 0 Å². The molecule has 3 N–H and O–H groups in total. The summed E-state index contributed by atoms with van der Waals surface area (Å²) in [5.41, 5.74) is 8.68. The molecule has 0 amide bonds. The summed E-state index contributed by atoms with van der Waals surface area (Å²) in [4.78, 5) is 31.4. The number of pyridine rings is 1. The van der Waals surface area contributed by atoms with Gasteiger partial charge in [-0.05, 0) is 80.5 Å². The number of benzene rings is 2. The standard InChI is InChI=1S/C38H40N2O6/c1-4-23(2)34(42)46-36(3)20-24-9-5-6-10-28(24)33(25-11-12-32(39)40-22-25)38(36)21-27-17-26-18-29(37(15-16-41)13-7-8-14-37)35(43)44-30(26)19-31(27)45-38/h4-6,9-12,17-19,22,33,41H,7-8,13-16,20-21H2,1-3H3,(H2,39,40). The minimum absolute atomic E-state index is 0.0187. The highest BCUT2D eigenvalue weighted by Gasteiger charge is 2.64. The summed E-state index contributed by atoms with van der Waals surface area (Å²) in [7, 11) is 0. The lowest BCUT2D eigenvalue weighted by atomic mass is 9.60. The van der Waals surface area contributed by atoms with Gasteiger partial charge in [0.1, 0.15) is 17.2 Å². The number of esters is 1. The number of fused-ring (bicyclic) bond motifs is 3. The summed E-state index contributed by atoms with van der Waals surface area (Å²) in [6.45, 7) is 5.55. The predicted molar refractivity (Wildman–Crippen MR) is 176 cm³/mol. The summed E-state index contributed by atoms with van der Waals surface area (Å²) < 4.78 is 19.6. The topological polar surface area (TPSA) is 125 Å². The minimum atomic E-state index is -1.10. The molecule has 2 aromatic carbocycles. The van der Waals surface area contributed by atoms with Gasteiger partial charge in [-0.1, -0.05) is 49.2 Å². The number of hydrogen-bond donors (Lipinski definition) is 2. The highest BCUT2D eigenvalue weighted by molar-refractivity contribution is 5.88. The average Bonchev–Trinajstić information content (AvgIpc) is 3.66. The molecule has 3 aliphatic rings. The van der Waals surface area contributed by atoms with Gasteiger partial charge in [-0.2, -0.15) is 0 Å². The van der Waals surface area contributed by atoms with E-state index >= 15 is 0 Å². The molecule has 7 rings (SSSR count). The first-order valence-electron chi connectivity index (χ1n) is 16.2. The van der Waals surface area contributed by atoms with Gasteiger partial charge >= 0.3 is 11.6 Å². The molecule has 1 spiro atoms. The van der Waals surface area contributed by atoms with Gasteiger partial charge in [0.2, 0.25) is 0 Å². The van der Waals surface area contributed by atoms with Crippen LogP contribution in [0, 0.1) is 0 Å². The smallest absolute Gasteiger partial charge is 0.340 e. The molecule has 1 aliphatic heterocycles. The molecule has 0 bridgehead atoms. The summed E-state index contributed by atoms with van der Waals surface area (Å²) in [6.07, 6.45) is 8.70. The molecule has 8 heteroatoms.